The number of hydrogen-bond acceptors (Lipinski definition) is 11. The fraction of sp³-hybridized carbons (Fsp3) is 0. The minimum Gasteiger partial charge on any atom is -0.507 e. The Labute approximate surface area is 433 Å². The number of phenolic OH excluding ortho intramolecular Hbond substituents is 4. The lowest BCUT2D eigenvalue weighted by molar-refractivity contribution is -0.384. The number of aldehydes is 4. The maximum Gasteiger partial charge on any atom is 0.270 e. The molecule has 75 heavy (non-hydrogen) atoms. The van der Waals surface area contributed by atoms with E-state index in [-0.39, 0.29) is 45.4 Å². The van der Waals surface area contributed by atoms with Crippen LogP contribution in [0.5, 0.6) is 23.0 Å². The smallest absolute Gasteiger partial charge is 0.270 e. The molecule has 0 fully saturated rings. The maximum atomic E-state index is 10.8. The highest BCUT2D eigenvalue weighted by Crippen LogP contribution is 2.38. The number of phenols is 4. The highest BCUT2D eigenvalue weighted by molar-refractivity contribution is 6.30. The Morgan fingerprint density at radius 1 is 0.400 bits per heavy atom. The van der Waals surface area contributed by atoms with E-state index in [2.05, 4.69) is 18.2 Å². The van der Waals surface area contributed by atoms with E-state index in [1.807, 2.05) is 91.0 Å². The average Bonchev–Trinajstić information content (AvgIpc) is 3.83. The van der Waals surface area contributed by atoms with Gasteiger partial charge in [0.2, 0.25) is 0 Å². The Bertz CT molecular complexity index is 3930. The molecule has 4 N–H and O–H groups in total. The lowest BCUT2D eigenvalue weighted by Gasteiger charge is -2.08. The zero-order valence-corrected chi connectivity index (χ0v) is 40.2. The number of non-ortho nitro benzene ring substituents is 1. The molecule has 10 aromatic carbocycles. The van der Waals surface area contributed by atoms with Crippen LogP contribution in [-0.2, 0) is 0 Å². The minimum atomic E-state index is -0.483. The average molecular weight is 1010 g/mol. The molecule has 13 heteroatoms. The van der Waals surface area contributed by atoms with Crippen LogP contribution in [0.15, 0.2) is 211 Å². The molecule has 0 bridgehead atoms. The van der Waals surface area contributed by atoms with Gasteiger partial charge in [-0.3, -0.25) is 29.3 Å². The molecule has 11 rings (SSSR count). The van der Waals surface area contributed by atoms with E-state index in [4.69, 9.17) is 16.0 Å². The van der Waals surface area contributed by atoms with Crippen molar-refractivity contribution in [3.63, 3.8) is 0 Å². The highest BCUT2D eigenvalue weighted by Gasteiger charge is 2.14. The van der Waals surface area contributed by atoms with Gasteiger partial charge in [0.15, 0.2) is 25.1 Å². The Morgan fingerprint density at radius 2 is 0.813 bits per heavy atom. The van der Waals surface area contributed by atoms with E-state index in [1.165, 1.54) is 24.3 Å². The van der Waals surface area contributed by atoms with Gasteiger partial charge in [0.25, 0.3) is 5.69 Å². The third-order valence-electron chi connectivity index (χ3n) is 12.0. The normalized spacial score (nSPS) is 10.5. The molecule has 0 saturated carbocycles. The summed E-state index contributed by atoms with van der Waals surface area (Å²) in [6.45, 7) is 0. The first-order valence-electron chi connectivity index (χ1n) is 22.9. The van der Waals surface area contributed by atoms with Gasteiger partial charge in [0.05, 0.1) is 27.2 Å². The molecule has 0 spiro atoms. The number of furan rings is 1. The number of nitro groups is 1. The second-order valence-corrected chi connectivity index (χ2v) is 17.1. The van der Waals surface area contributed by atoms with Crippen LogP contribution in [0.1, 0.15) is 41.4 Å². The summed E-state index contributed by atoms with van der Waals surface area (Å²) >= 11 is 5.87. The largest absolute Gasteiger partial charge is 0.507 e. The van der Waals surface area contributed by atoms with Crippen molar-refractivity contribution in [2.45, 2.75) is 0 Å². The number of aromatic hydroxyl groups is 4. The first-order valence-corrected chi connectivity index (χ1v) is 23.3. The molecule has 12 nitrogen and oxygen atoms in total. The lowest BCUT2D eigenvalue weighted by Crippen LogP contribution is -1.88. The number of nitro benzene ring substituents is 1. The molecule has 0 saturated heterocycles. The molecule has 0 atom stereocenters. The SMILES string of the molecule is O=Cc1ccc(-c2cccc(Cl)c2)cc1O.O=Cc1ccc(-c2cccc([N+](=O)[O-])c2)cc1O.O=Cc1ccc(-c2cccc3ccccc23)cc1O.O=Cc1ccc(-c2cccc3oc4ccccc4c23)cc1O. The van der Waals surface area contributed by atoms with Crippen molar-refractivity contribution in [2.24, 2.45) is 0 Å². The Hall–Kier alpha value is -10.2. The number of para-hydroxylation sites is 1. The number of nitrogens with zero attached hydrogens (tertiary/aromatic N) is 1. The van der Waals surface area contributed by atoms with Gasteiger partial charge < -0.3 is 24.8 Å². The molecule has 1 aromatic heterocycles. The zero-order valence-electron chi connectivity index (χ0n) is 39.4. The number of hydrogen-bond donors (Lipinski definition) is 4. The molecule has 1 heterocycles. The molecule has 0 aliphatic carbocycles. The first-order chi connectivity index (χ1) is 36.4. The van der Waals surface area contributed by atoms with Crippen LogP contribution in [0.25, 0.3) is 77.2 Å². The second kappa shape index (κ2) is 23.4. The Balaban J connectivity index is 0.000000134. The summed E-state index contributed by atoms with van der Waals surface area (Å²) in [5.41, 5.74) is 9.39. The van der Waals surface area contributed by atoms with Crippen LogP contribution in [0.3, 0.4) is 0 Å². The van der Waals surface area contributed by atoms with Crippen LogP contribution in [0.2, 0.25) is 5.02 Å². The van der Waals surface area contributed by atoms with Crippen molar-refractivity contribution in [3.05, 3.63) is 244 Å². The third kappa shape index (κ3) is 11.8. The van der Waals surface area contributed by atoms with E-state index in [0.717, 1.165) is 66.1 Å². The minimum absolute atomic E-state index is 0.0143. The van der Waals surface area contributed by atoms with Gasteiger partial charge in [-0.15, -0.1) is 0 Å². The summed E-state index contributed by atoms with van der Waals surface area (Å²) in [5.74, 6) is -0.167. The molecule has 0 unspecified atom stereocenters. The van der Waals surface area contributed by atoms with Gasteiger partial charge in [-0.05, 0) is 128 Å². The van der Waals surface area contributed by atoms with E-state index < -0.39 is 4.92 Å². The third-order valence-corrected chi connectivity index (χ3v) is 12.2. The predicted octanol–water partition coefficient (Wildman–Crippen LogP) is 15.1. The molecule has 11 aromatic rings. The maximum absolute atomic E-state index is 10.8. The van der Waals surface area contributed by atoms with Gasteiger partial charge in [-0.1, -0.05) is 133 Å². The van der Waals surface area contributed by atoms with Gasteiger partial charge in [0, 0.05) is 27.9 Å². The molecular formula is C62H42ClNO11. The van der Waals surface area contributed by atoms with Crippen LogP contribution in [0, 0.1) is 10.1 Å². The quantitative estimate of drug-likeness (QED) is 0.0608. The van der Waals surface area contributed by atoms with Crippen LogP contribution in [0.4, 0.5) is 5.69 Å². The molecular weight excluding hydrogens is 970 g/mol. The Kier molecular flexibility index (Phi) is 16.0. The zero-order chi connectivity index (χ0) is 53.0. The van der Waals surface area contributed by atoms with E-state index >= 15 is 0 Å². The number of carbonyl (C=O) groups is 4. The fourth-order valence-electron chi connectivity index (χ4n) is 8.23. The summed E-state index contributed by atoms with van der Waals surface area (Å²) in [5, 5.41) is 54.5. The van der Waals surface area contributed by atoms with E-state index in [1.54, 1.807) is 72.8 Å². The van der Waals surface area contributed by atoms with Gasteiger partial charge in [-0.25, -0.2) is 0 Å². The van der Waals surface area contributed by atoms with Gasteiger partial charge in [-0.2, -0.15) is 0 Å². The summed E-state index contributed by atoms with van der Waals surface area (Å²) in [6, 6.07) is 60.8. The summed E-state index contributed by atoms with van der Waals surface area (Å²) < 4.78 is 5.87. The van der Waals surface area contributed by atoms with Crippen molar-refractivity contribution in [1.82, 2.24) is 0 Å². The summed E-state index contributed by atoms with van der Waals surface area (Å²) in [6.07, 6.45) is 2.47. The van der Waals surface area contributed by atoms with Crippen LogP contribution < -0.4 is 0 Å². The predicted molar refractivity (Wildman–Crippen MR) is 292 cm³/mol. The van der Waals surface area contributed by atoms with Crippen LogP contribution in [-0.4, -0.2) is 50.5 Å². The monoisotopic (exact) mass is 1010 g/mol. The van der Waals surface area contributed by atoms with E-state index in [0.29, 0.717) is 46.9 Å². The summed E-state index contributed by atoms with van der Waals surface area (Å²) in [4.78, 5) is 52.9. The number of halogens is 1. The van der Waals surface area contributed by atoms with Crippen molar-refractivity contribution in [3.8, 4) is 67.5 Å². The fourth-order valence-corrected chi connectivity index (χ4v) is 8.42. The molecule has 0 aliphatic heterocycles. The Morgan fingerprint density at radius 3 is 1.36 bits per heavy atom. The van der Waals surface area contributed by atoms with Crippen molar-refractivity contribution >= 4 is 75.1 Å². The summed E-state index contributed by atoms with van der Waals surface area (Å²) in [7, 11) is 0. The lowest BCUT2D eigenvalue weighted by atomic mass is 9.97. The van der Waals surface area contributed by atoms with Crippen molar-refractivity contribution in [1.29, 1.82) is 0 Å². The van der Waals surface area contributed by atoms with E-state index in [9.17, 15) is 49.7 Å². The number of rotatable bonds is 9. The number of carbonyl (C=O) groups excluding carboxylic acids is 4. The highest BCUT2D eigenvalue weighted by atomic mass is 35.5. The van der Waals surface area contributed by atoms with Crippen LogP contribution >= 0.6 is 11.6 Å². The second-order valence-electron chi connectivity index (χ2n) is 16.7. The first kappa shape index (κ1) is 51.2. The molecule has 0 aliphatic rings. The molecule has 0 amide bonds. The standard InChI is InChI=1S/C19H12O3.C17H12O2.C13H9ClO2.C13H9NO4/c20-11-13-9-8-12(10-16(13)21)14-5-3-7-18-19(14)15-4-1-2-6-17(15)22-18;18-11-14-9-8-13(10-17(14)19)16-7-3-5-12-4-1-2-6-15(12)16;14-12-3-1-2-9(6-12)10-4-5-11(8-15)13(16)7-10;15-8-11-5-4-10(7-13(11)16)9-2-1-3-12(6-9)14(17)18/h1-11,21H;1-11,19H;1-8,16H;1-8,16H. The number of benzene rings is 10. The van der Waals surface area contributed by atoms with Gasteiger partial charge >= 0.3 is 0 Å². The van der Waals surface area contributed by atoms with Crippen molar-refractivity contribution < 1.29 is 48.9 Å². The van der Waals surface area contributed by atoms with Crippen molar-refractivity contribution in [2.75, 3.05) is 0 Å². The number of fused-ring (bicyclic) bond motifs is 4. The molecule has 0 radical (unpaired) electrons. The topological polar surface area (TPSA) is 205 Å². The molecule has 368 valence electrons. The van der Waals surface area contributed by atoms with Gasteiger partial charge in [0.1, 0.15) is 34.2 Å².